The molecule has 3 fully saturated rings. The van der Waals surface area contributed by atoms with Crippen LogP contribution in [0.15, 0.2) is 33.4 Å². The van der Waals surface area contributed by atoms with Gasteiger partial charge in [-0.2, -0.15) is 0 Å². The van der Waals surface area contributed by atoms with Crippen molar-refractivity contribution in [2.75, 3.05) is 0 Å². The van der Waals surface area contributed by atoms with Crippen molar-refractivity contribution in [3.8, 4) is 0 Å². The van der Waals surface area contributed by atoms with Crippen LogP contribution in [0, 0.1) is 29.6 Å². The molecule has 196 valence electrons. The molecule has 0 bridgehead atoms. The van der Waals surface area contributed by atoms with E-state index in [1.165, 1.54) is 116 Å². The average Bonchev–Trinajstić information content (AvgIpc) is 3.48. The fraction of sp³-hybridized carbons (Fsp3) is 0.824. The highest BCUT2D eigenvalue weighted by atomic mass is 32.2. The summed E-state index contributed by atoms with van der Waals surface area (Å²) in [5, 5.41) is 0.906. The third kappa shape index (κ3) is 3.76. The first-order chi connectivity index (χ1) is 17.8. The van der Waals surface area contributed by atoms with Gasteiger partial charge in [-0.3, -0.25) is 0 Å². The van der Waals surface area contributed by atoms with Gasteiger partial charge in [-0.25, -0.2) is 0 Å². The minimum absolute atomic E-state index is 0.780. The van der Waals surface area contributed by atoms with Gasteiger partial charge in [0, 0.05) is 28.9 Å². The molecule has 6 aliphatic carbocycles. The summed E-state index contributed by atoms with van der Waals surface area (Å²) >= 11 is 2.38. The van der Waals surface area contributed by atoms with Crippen LogP contribution in [0.1, 0.15) is 128 Å². The summed E-state index contributed by atoms with van der Waals surface area (Å²) in [6, 6.07) is 1.70. The molecular weight excluding hydrogens is 454 g/mol. The molecule has 0 saturated heterocycles. The van der Waals surface area contributed by atoms with Crippen molar-refractivity contribution >= 4 is 11.8 Å². The summed E-state index contributed by atoms with van der Waals surface area (Å²) < 4.78 is 0. The van der Waals surface area contributed by atoms with E-state index in [4.69, 9.17) is 0 Å². The van der Waals surface area contributed by atoms with Crippen molar-refractivity contribution in [2.24, 2.45) is 29.6 Å². The van der Waals surface area contributed by atoms with Crippen LogP contribution in [0.5, 0.6) is 0 Å². The van der Waals surface area contributed by atoms with E-state index in [1.54, 1.807) is 12.8 Å². The Hall–Kier alpha value is -0.630. The smallest absolute Gasteiger partial charge is 0.0393 e. The van der Waals surface area contributed by atoms with Gasteiger partial charge in [-0.15, -0.1) is 11.8 Å². The molecule has 0 aromatic heterocycles. The molecule has 0 N–H and O–H groups in total. The Kier molecular flexibility index (Phi) is 6.16. The molecule has 1 nitrogen and oxygen atoms in total. The Morgan fingerprint density at radius 3 is 2.39 bits per heavy atom. The third-order valence-corrected chi connectivity index (χ3v) is 14.2. The van der Waals surface area contributed by atoms with Crippen molar-refractivity contribution < 1.29 is 0 Å². The van der Waals surface area contributed by atoms with E-state index in [9.17, 15) is 0 Å². The predicted molar refractivity (Wildman–Crippen MR) is 153 cm³/mol. The van der Waals surface area contributed by atoms with Crippen molar-refractivity contribution in [3.63, 3.8) is 0 Å². The number of thioether (sulfide) groups is 1. The van der Waals surface area contributed by atoms with Crippen LogP contribution in [0.2, 0.25) is 0 Å². The van der Waals surface area contributed by atoms with Gasteiger partial charge in [0.1, 0.15) is 0 Å². The molecular formula is C34H49NS. The van der Waals surface area contributed by atoms with Gasteiger partial charge in [0.05, 0.1) is 0 Å². The maximum absolute atomic E-state index is 3.13. The first kappa shape index (κ1) is 23.3. The number of allylic oxidation sites excluding steroid dienone is 4. The molecule has 0 aromatic rings. The molecule has 8 atom stereocenters. The summed E-state index contributed by atoms with van der Waals surface area (Å²) in [6.45, 7) is 0. The molecule has 0 spiro atoms. The molecule has 3 saturated carbocycles. The molecule has 36 heavy (non-hydrogen) atoms. The molecule has 8 rings (SSSR count). The number of nitrogens with zero attached hydrogens (tertiary/aromatic N) is 1. The van der Waals surface area contributed by atoms with Crippen molar-refractivity contribution in [3.05, 3.63) is 33.4 Å². The molecule has 2 heteroatoms. The zero-order chi connectivity index (χ0) is 23.6. The summed E-state index contributed by atoms with van der Waals surface area (Å²) in [5.41, 5.74) is 7.67. The molecule has 8 aliphatic rings. The highest BCUT2D eigenvalue weighted by Crippen LogP contribution is 2.59. The van der Waals surface area contributed by atoms with Crippen LogP contribution in [-0.4, -0.2) is 22.2 Å². The van der Waals surface area contributed by atoms with Gasteiger partial charge < -0.3 is 4.90 Å². The fourth-order valence-corrected chi connectivity index (χ4v) is 12.9. The van der Waals surface area contributed by atoms with Crippen molar-refractivity contribution in [1.82, 2.24) is 4.90 Å². The summed E-state index contributed by atoms with van der Waals surface area (Å²) in [6.07, 6.45) is 32.4. The lowest BCUT2D eigenvalue weighted by molar-refractivity contribution is 0.0661. The monoisotopic (exact) mass is 503 g/mol. The Morgan fingerprint density at radius 2 is 1.44 bits per heavy atom. The molecule has 2 aliphatic heterocycles. The van der Waals surface area contributed by atoms with Crippen LogP contribution in [0.25, 0.3) is 0 Å². The topological polar surface area (TPSA) is 3.24 Å². The Morgan fingerprint density at radius 1 is 0.639 bits per heavy atom. The number of hydrogen-bond acceptors (Lipinski definition) is 2. The second kappa shape index (κ2) is 9.53. The first-order valence-electron chi connectivity index (χ1n) is 16.4. The van der Waals surface area contributed by atoms with E-state index in [0.29, 0.717) is 0 Å². The third-order valence-electron chi connectivity index (χ3n) is 12.5. The Bertz CT molecular complexity index is 972. The van der Waals surface area contributed by atoms with Crippen LogP contribution in [0.3, 0.4) is 0 Å². The maximum Gasteiger partial charge on any atom is 0.0393 e. The molecule has 8 unspecified atom stereocenters. The van der Waals surface area contributed by atoms with Gasteiger partial charge in [0.15, 0.2) is 0 Å². The van der Waals surface area contributed by atoms with E-state index in [0.717, 1.165) is 46.9 Å². The number of fused-ring (bicyclic) bond motifs is 5. The van der Waals surface area contributed by atoms with Crippen molar-refractivity contribution in [2.45, 2.75) is 146 Å². The van der Waals surface area contributed by atoms with Crippen LogP contribution >= 0.6 is 11.8 Å². The second-order valence-electron chi connectivity index (χ2n) is 14.1. The zero-order valence-corrected chi connectivity index (χ0v) is 23.5. The average molecular weight is 504 g/mol. The zero-order valence-electron chi connectivity index (χ0n) is 22.7. The largest absolute Gasteiger partial charge is 0.368 e. The quantitative estimate of drug-likeness (QED) is 0.345. The molecule has 0 radical (unpaired) electrons. The van der Waals surface area contributed by atoms with E-state index in [2.05, 4.69) is 22.7 Å². The lowest BCUT2D eigenvalue weighted by Gasteiger charge is -2.47. The summed E-state index contributed by atoms with van der Waals surface area (Å²) in [7, 11) is 0. The van der Waals surface area contributed by atoms with E-state index >= 15 is 0 Å². The fourth-order valence-electron chi connectivity index (χ4n) is 10.9. The van der Waals surface area contributed by atoms with Crippen LogP contribution < -0.4 is 0 Å². The normalized spacial score (nSPS) is 44.4. The molecule has 2 heterocycles. The number of hydrogen-bond donors (Lipinski definition) is 0. The van der Waals surface area contributed by atoms with Crippen LogP contribution in [0.4, 0.5) is 0 Å². The molecule has 0 aromatic carbocycles. The summed E-state index contributed by atoms with van der Waals surface area (Å²) in [4.78, 5) is 4.99. The Labute approximate surface area is 225 Å². The SMILES string of the molecule is C1=C(C2CCCC3C4=C(CCCC4)SC23)CCC2C1C1=C(CCCC1)N2C1CCC2CCCCC2C1. The van der Waals surface area contributed by atoms with Crippen LogP contribution in [-0.2, 0) is 0 Å². The highest BCUT2D eigenvalue weighted by molar-refractivity contribution is 8.04. The first-order valence-corrected chi connectivity index (χ1v) is 17.3. The maximum atomic E-state index is 3.13. The predicted octanol–water partition coefficient (Wildman–Crippen LogP) is 9.55. The van der Waals surface area contributed by atoms with Gasteiger partial charge in [-0.05, 0) is 130 Å². The number of rotatable bonds is 2. The van der Waals surface area contributed by atoms with E-state index in [1.807, 2.05) is 27.3 Å². The van der Waals surface area contributed by atoms with Gasteiger partial charge >= 0.3 is 0 Å². The second-order valence-corrected chi connectivity index (χ2v) is 15.4. The minimum Gasteiger partial charge on any atom is -0.368 e. The van der Waals surface area contributed by atoms with Gasteiger partial charge in [0.2, 0.25) is 0 Å². The van der Waals surface area contributed by atoms with E-state index < -0.39 is 0 Å². The standard InChI is InChI=1S/C34H49NS/c1-2-9-23-20-25(18-16-22(23)8-1)35-31-14-5-3-10-27(31)30-21-24(17-19-32(30)35)26-12-7-13-29-28-11-4-6-15-33(28)36-34(26)29/h21-23,25-26,29-30,32,34H,1-20H2. The summed E-state index contributed by atoms with van der Waals surface area (Å²) in [5.74, 6) is 4.74. The Balaban J connectivity index is 1.06. The highest BCUT2D eigenvalue weighted by Gasteiger charge is 2.49. The lowest BCUT2D eigenvalue weighted by Crippen LogP contribution is -2.46. The van der Waals surface area contributed by atoms with E-state index in [-0.39, 0.29) is 0 Å². The van der Waals surface area contributed by atoms with Gasteiger partial charge in [0.25, 0.3) is 0 Å². The van der Waals surface area contributed by atoms with Crippen molar-refractivity contribution in [1.29, 1.82) is 0 Å². The van der Waals surface area contributed by atoms with Gasteiger partial charge in [-0.1, -0.05) is 49.3 Å². The minimum atomic E-state index is 0.780. The molecule has 0 amide bonds. The lowest BCUT2D eigenvalue weighted by atomic mass is 9.68.